The van der Waals surface area contributed by atoms with Crippen molar-refractivity contribution >= 4 is 48.9 Å². The van der Waals surface area contributed by atoms with Crippen molar-refractivity contribution in [2.24, 2.45) is 0 Å². The molecular formula is C15H17BrN2O2S. The number of halogens is 1. The van der Waals surface area contributed by atoms with Crippen LogP contribution in [0.2, 0.25) is 0 Å². The molecule has 4 nitrogen and oxygen atoms in total. The zero-order valence-electron chi connectivity index (χ0n) is 11.8. The summed E-state index contributed by atoms with van der Waals surface area (Å²) in [5.41, 5.74) is 6.74. The number of nitrogen functional groups attached to an aromatic ring is 1. The van der Waals surface area contributed by atoms with Gasteiger partial charge in [-0.2, -0.15) is 0 Å². The largest absolute Gasteiger partial charge is 0.397 e. The lowest BCUT2D eigenvalue weighted by Gasteiger charge is -2.20. The fraction of sp³-hybridized carbons (Fsp3) is 0.400. The number of hydrogen-bond donors (Lipinski definition) is 1. The minimum absolute atomic E-state index is 0.0275. The molecule has 0 saturated carbocycles. The van der Waals surface area contributed by atoms with E-state index in [4.69, 9.17) is 10.5 Å². The maximum Gasteiger partial charge on any atom is 0.265 e. The first-order valence-corrected chi connectivity index (χ1v) is 8.52. The minimum Gasteiger partial charge on any atom is -0.397 e. The Morgan fingerprint density at radius 2 is 2.38 bits per heavy atom. The average molecular weight is 369 g/mol. The lowest BCUT2D eigenvalue weighted by molar-refractivity contribution is 0.0591. The smallest absolute Gasteiger partial charge is 0.265 e. The van der Waals surface area contributed by atoms with Gasteiger partial charge in [-0.15, -0.1) is 11.3 Å². The quantitative estimate of drug-likeness (QED) is 0.901. The molecule has 0 radical (unpaired) electrons. The summed E-state index contributed by atoms with van der Waals surface area (Å²) in [7, 11) is 1.81. The molecule has 1 saturated heterocycles. The molecule has 1 fully saturated rings. The third kappa shape index (κ3) is 2.93. The molecule has 2 heterocycles. The first-order chi connectivity index (χ1) is 10.1. The molecule has 2 aromatic rings. The second kappa shape index (κ2) is 5.94. The number of carbonyl (C=O) groups is 1. The average Bonchev–Trinajstić information content (AvgIpc) is 3.07. The second-order valence-electron chi connectivity index (χ2n) is 5.31. The Hall–Kier alpha value is -1.11. The molecule has 112 valence electrons. The van der Waals surface area contributed by atoms with Crippen LogP contribution in [0.5, 0.6) is 0 Å². The molecule has 3 rings (SSSR count). The summed E-state index contributed by atoms with van der Waals surface area (Å²) in [4.78, 5) is 14.9. The van der Waals surface area contributed by atoms with Crippen molar-refractivity contribution in [1.29, 1.82) is 0 Å². The summed E-state index contributed by atoms with van der Waals surface area (Å²) >= 11 is 4.89. The van der Waals surface area contributed by atoms with Crippen LogP contribution in [0.1, 0.15) is 22.5 Å². The van der Waals surface area contributed by atoms with Crippen molar-refractivity contribution < 1.29 is 9.53 Å². The van der Waals surface area contributed by atoms with Crippen molar-refractivity contribution in [3.8, 4) is 0 Å². The predicted octanol–water partition coefficient (Wildman–Crippen LogP) is 3.50. The predicted molar refractivity (Wildman–Crippen MR) is 89.9 cm³/mol. The topological polar surface area (TPSA) is 55.6 Å². The van der Waals surface area contributed by atoms with E-state index in [1.54, 1.807) is 4.90 Å². The van der Waals surface area contributed by atoms with Gasteiger partial charge >= 0.3 is 0 Å². The van der Waals surface area contributed by atoms with Crippen LogP contribution >= 0.6 is 27.3 Å². The van der Waals surface area contributed by atoms with Crippen molar-refractivity contribution in [1.82, 2.24) is 4.90 Å². The van der Waals surface area contributed by atoms with Crippen LogP contribution in [0.15, 0.2) is 22.7 Å². The van der Waals surface area contributed by atoms with Crippen molar-refractivity contribution in [2.75, 3.05) is 25.9 Å². The molecule has 0 bridgehead atoms. The molecule has 1 unspecified atom stereocenters. The summed E-state index contributed by atoms with van der Waals surface area (Å²) in [5, 5.41) is 0.934. The molecule has 21 heavy (non-hydrogen) atoms. The van der Waals surface area contributed by atoms with E-state index >= 15 is 0 Å². The van der Waals surface area contributed by atoms with Crippen molar-refractivity contribution in [2.45, 2.75) is 18.9 Å². The summed E-state index contributed by atoms with van der Waals surface area (Å²) in [6.45, 7) is 1.42. The number of ether oxygens (including phenoxy) is 1. The highest BCUT2D eigenvalue weighted by molar-refractivity contribution is 9.10. The van der Waals surface area contributed by atoms with Gasteiger partial charge in [0.25, 0.3) is 5.91 Å². The van der Waals surface area contributed by atoms with Crippen molar-refractivity contribution in [3.05, 3.63) is 27.5 Å². The SMILES string of the molecule is CN(CC1CCCO1)C(=O)c1sc2ccc(Br)cc2c1N. The van der Waals surface area contributed by atoms with Crippen LogP contribution in [-0.2, 0) is 4.74 Å². The lowest BCUT2D eigenvalue weighted by atomic mass is 10.2. The van der Waals surface area contributed by atoms with Crippen LogP contribution in [0.25, 0.3) is 10.1 Å². The number of thiophene rings is 1. The highest BCUT2D eigenvalue weighted by atomic mass is 79.9. The van der Waals surface area contributed by atoms with Crippen LogP contribution < -0.4 is 5.73 Å². The fourth-order valence-electron chi connectivity index (χ4n) is 2.60. The van der Waals surface area contributed by atoms with Crippen LogP contribution in [0.4, 0.5) is 5.69 Å². The first-order valence-electron chi connectivity index (χ1n) is 6.91. The Morgan fingerprint density at radius 3 is 3.10 bits per heavy atom. The van der Waals surface area contributed by atoms with E-state index in [-0.39, 0.29) is 12.0 Å². The van der Waals surface area contributed by atoms with Crippen LogP contribution in [0, 0.1) is 0 Å². The molecule has 1 aliphatic rings. The van der Waals surface area contributed by atoms with E-state index in [2.05, 4.69) is 15.9 Å². The molecule has 1 aromatic heterocycles. The Labute approximate surface area is 136 Å². The van der Waals surface area contributed by atoms with Gasteiger partial charge in [0, 0.05) is 34.8 Å². The van der Waals surface area contributed by atoms with E-state index in [1.165, 1.54) is 11.3 Å². The second-order valence-corrected chi connectivity index (χ2v) is 7.27. The molecule has 1 amide bonds. The van der Waals surface area contributed by atoms with E-state index in [0.717, 1.165) is 34.0 Å². The van der Waals surface area contributed by atoms with Crippen molar-refractivity contribution in [3.63, 3.8) is 0 Å². The molecule has 1 aliphatic heterocycles. The van der Waals surface area contributed by atoms with Gasteiger partial charge in [-0.05, 0) is 31.0 Å². The van der Waals surface area contributed by atoms with Gasteiger partial charge in [-0.3, -0.25) is 4.79 Å². The molecule has 2 N–H and O–H groups in total. The number of carbonyl (C=O) groups excluding carboxylic acids is 1. The Kier molecular flexibility index (Phi) is 4.19. The molecular weight excluding hydrogens is 352 g/mol. The number of rotatable bonds is 3. The van der Waals surface area contributed by atoms with Gasteiger partial charge in [0.05, 0.1) is 11.8 Å². The monoisotopic (exact) mass is 368 g/mol. The number of benzene rings is 1. The van der Waals surface area contributed by atoms with Gasteiger partial charge in [0.15, 0.2) is 0 Å². The van der Waals surface area contributed by atoms with Gasteiger partial charge < -0.3 is 15.4 Å². The third-order valence-corrected chi connectivity index (χ3v) is 5.40. The summed E-state index contributed by atoms with van der Waals surface area (Å²) < 4.78 is 7.58. The zero-order chi connectivity index (χ0) is 15.0. The van der Waals surface area contributed by atoms with E-state index in [1.807, 2.05) is 25.2 Å². The molecule has 1 aromatic carbocycles. The van der Waals surface area contributed by atoms with Gasteiger partial charge in [-0.25, -0.2) is 0 Å². The highest BCUT2D eigenvalue weighted by Gasteiger charge is 2.24. The number of likely N-dealkylation sites (N-methyl/N-ethyl adjacent to an activating group) is 1. The number of anilines is 1. The van der Waals surface area contributed by atoms with Gasteiger partial charge in [-0.1, -0.05) is 15.9 Å². The number of hydrogen-bond acceptors (Lipinski definition) is 4. The molecule has 0 aliphatic carbocycles. The Morgan fingerprint density at radius 1 is 1.57 bits per heavy atom. The lowest BCUT2D eigenvalue weighted by Crippen LogP contribution is -2.33. The molecule has 6 heteroatoms. The number of amides is 1. The number of nitrogens with two attached hydrogens (primary N) is 1. The van der Waals surface area contributed by atoms with Crippen LogP contribution in [-0.4, -0.2) is 37.1 Å². The molecule has 1 atom stereocenters. The first kappa shape index (κ1) is 14.8. The van der Waals surface area contributed by atoms with E-state index in [0.29, 0.717) is 17.1 Å². The molecule has 0 spiro atoms. The number of fused-ring (bicyclic) bond motifs is 1. The Bertz CT molecular complexity index is 680. The number of nitrogens with zero attached hydrogens (tertiary/aromatic N) is 1. The summed E-state index contributed by atoms with van der Waals surface area (Å²) in [6, 6.07) is 5.90. The standard InChI is InChI=1S/C15H17BrN2O2S/c1-18(8-10-3-2-6-20-10)15(19)14-13(17)11-7-9(16)4-5-12(11)21-14/h4-5,7,10H,2-3,6,8,17H2,1H3. The van der Waals surface area contributed by atoms with Gasteiger partial charge in [0.2, 0.25) is 0 Å². The van der Waals surface area contributed by atoms with E-state index < -0.39 is 0 Å². The normalized spacial score (nSPS) is 18.3. The zero-order valence-corrected chi connectivity index (χ0v) is 14.2. The fourth-order valence-corrected chi connectivity index (χ4v) is 4.06. The van der Waals surface area contributed by atoms with Gasteiger partial charge in [0.1, 0.15) is 4.88 Å². The maximum absolute atomic E-state index is 12.6. The third-order valence-electron chi connectivity index (χ3n) is 3.73. The minimum atomic E-state index is -0.0275. The summed E-state index contributed by atoms with van der Waals surface area (Å²) in [6.07, 6.45) is 2.25. The highest BCUT2D eigenvalue weighted by Crippen LogP contribution is 2.36. The Balaban J connectivity index is 1.85. The summed E-state index contributed by atoms with van der Waals surface area (Å²) in [5.74, 6) is -0.0275. The van der Waals surface area contributed by atoms with Crippen LogP contribution in [0.3, 0.4) is 0 Å². The van der Waals surface area contributed by atoms with E-state index in [9.17, 15) is 4.79 Å². The maximum atomic E-state index is 12.6.